The number of hydrogen-bond acceptors (Lipinski definition) is 4. The van der Waals surface area contributed by atoms with Crippen molar-refractivity contribution in [1.82, 2.24) is 0 Å². The Balaban J connectivity index is 2.65. The number of aliphatic hydroxyl groups is 1. The standard InChI is InChI=1S/C8H13NO3/c1-5-7(6(10)4-9)12-8(2,3)11-5/h5-7,10H,1-3H3/t5-,6-,7-/m1/s1. The van der Waals surface area contributed by atoms with Crippen molar-refractivity contribution in [1.29, 1.82) is 5.26 Å². The monoisotopic (exact) mass is 171 g/mol. The van der Waals surface area contributed by atoms with Crippen molar-refractivity contribution >= 4 is 0 Å². The average molecular weight is 171 g/mol. The molecule has 0 amide bonds. The van der Waals surface area contributed by atoms with Gasteiger partial charge in [0, 0.05) is 0 Å². The third-order valence-corrected chi connectivity index (χ3v) is 1.80. The number of rotatable bonds is 1. The molecule has 12 heavy (non-hydrogen) atoms. The Bertz CT molecular complexity index is 209. The molecular weight excluding hydrogens is 158 g/mol. The van der Waals surface area contributed by atoms with Crippen LogP contribution < -0.4 is 0 Å². The van der Waals surface area contributed by atoms with Gasteiger partial charge in [0.25, 0.3) is 0 Å². The number of nitriles is 1. The van der Waals surface area contributed by atoms with Crippen LogP contribution in [0.3, 0.4) is 0 Å². The Kier molecular flexibility index (Phi) is 2.38. The fraction of sp³-hybridized carbons (Fsp3) is 0.875. The summed E-state index contributed by atoms with van der Waals surface area (Å²) in [7, 11) is 0. The normalized spacial score (nSPS) is 35.9. The average Bonchev–Trinajstić information content (AvgIpc) is 2.23. The fourth-order valence-corrected chi connectivity index (χ4v) is 1.36. The highest BCUT2D eigenvalue weighted by Gasteiger charge is 2.42. The number of ether oxygens (including phenoxy) is 2. The summed E-state index contributed by atoms with van der Waals surface area (Å²) in [4.78, 5) is 0. The van der Waals surface area contributed by atoms with Crippen LogP contribution in [0.15, 0.2) is 0 Å². The van der Waals surface area contributed by atoms with Crippen LogP contribution in [0.25, 0.3) is 0 Å². The molecule has 0 radical (unpaired) electrons. The van der Waals surface area contributed by atoms with Gasteiger partial charge in [0.05, 0.1) is 12.2 Å². The van der Waals surface area contributed by atoms with Crippen LogP contribution >= 0.6 is 0 Å². The van der Waals surface area contributed by atoms with Crippen molar-refractivity contribution in [2.45, 2.75) is 44.9 Å². The van der Waals surface area contributed by atoms with Gasteiger partial charge in [-0.2, -0.15) is 5.26 Å². The maximum absolute atomic E-state index is 9.19. The van der Waals surface area contributed by atoms with Crippen molar-refractivity contribution in [2.24, 2.45) is 0 Å². The fourth-order valence-electron chi connectivity index (χ4n) is 1.36. The molecule has 0 bridgehead atoms. The molecule has 0 aromatic carbocycles. The lowest BCUT2D eigenvalue weighted by molar-refractivity contribution is -0.151. The first-order chi connectivity index (χ1) is 5.46. The summed E-state index contributed by atoms with van der Waals surface area (Å²) in [5, 5.41) is 17.6. The Morgan fingerprint density at radius 2 is 2.08 bits per heavy atom. The maximum Gasteiger partial charge on any atom is 0.169 e. The number of nitrogens with zero attached hydrogens (tertiary/aromatic N) is 1. The Labute approximate surface area is 71.7 Å². The lowest BCUT2D eigenvalue weighted by Gasteiger charge is -2.17. The molecule has 0 aliphatic carbocycles. The van der Waals surface area contributed by atoms with E-state index in [1.54, 1.807) is 26.8 Å². The summed E-state index contributed by atoms with van der Waals surface area (Å²) in [6.45, 7) is 5.29. The molecule has 1 aliphatic heterocycles. The third-order valence-electron chi connectivity index (χ3n) is 1.80. The van der Waals surface area contributed by atoms with Crippen LogP contribution in [0.5, 0.6) is 0 Å². The van der Waals surface area contributed by atoms with Gasteiger partial charge >= 0.3 is 0 Å². The molecule has 1 fully saturated rings. The van der Waals surface area contributed by atoms with E-state index in [2.05, 4.69) is 0 Å². The Morgan fingerprint density at radius 1 is 1.50 bits per heavy atom. The van der Waals surface area contributed by atoms with Crippen LogP contribution in [0.4, 0.5) is 0 Å². The van der Waals surface area contributed by atoms with Crippen molar-refractivity contribution in [2.75, 3.05) is 0 Å². The number of aliphatic hydroxyl groups excluding tert-OH is 1. The van der Waals surface area contributed by atoms with Crippen molar-refractivity contribution in [3.63, 3.8) is 0 Å². The van der Waals surface area contributed by atoms with E-state index in [1.807, 2.05) is 0 Å². The van der Waals surface area contributed by atoms with Gasteiger partial charge in [0.15, 0.2) is 11.9 Å². The van der Waals surface area contributed by atoms with Gasteiger partial charge in [-0.05, 0) is 20.8 Å². The zero-order chi connectivity index (χ0) is 9.35. The molecule has 1 heterocycles. The summed E-state index contributed by atoms with van der Waals surface area (Å²) in [6.07, 6.45) is -1.89. The van der Waals surface area contributed by atoms with Crippen LogP contribution in [0.2, 0.25) is 0 Å². The van der Waals surface area contributed by atoms with Gasteiger partial charge < -0.3 is 14.6 Å². The molecule has 4 nitrogen and oxygen atoms in total. The first-order valence-corrected chi connectivity index (χ1v) is 3.89. The quantitative estimate of drug-likeness (QED) is 0.580. The Morgan fingerprint density at radius 3 is 2.42 bits per heavy atom. The van der Waals surface area contributed by atoms with Crippen LogP contribution in [0.1, 0.15) is 20.8 Å². The van der Waals surface area contributed by atoms with Crippen LogP contribution in [-0.4, -0.2) is 29.2 Å². The summed E-state index contributed by atoms with van der Waals surface area (Å²) in [5.41, 5.74) is 0. The van der Waals surface area contributed by atoms with Crippen molar-refractivity contribution in [3.8, 4) is 6.07 Å². The summed E-state index contributed by atoms with van der Waals surface area (Å²) in [5.74, 6) is -0.693. The number of hydrogen-bond donors (Lipinski definition) is 1. The van der Waals surface area contributed by atoms with E-state index in [9.17, 15) is 5.11 Å². The zero-order valence-corrected chi connectivity index (χ0v) is 7.44. The first kappa shape index (κ1) is 9.46. The minimum absolute atomic E-state index is 0.241. The van der Waals surface area contributed by atoms with Gasteiger partial charge in [-0.1, -0.05) is 0 Å². The molecule has 0 aromatic heterocycles. The maximum atomic E-state index is 9.19. The van der Waals surface area contributed by atoms with E-state index >= 15 is 0 Å². The van der Waals surface area contributed by atoms with E-state index in [1.165, 1.54) is 0 Å². The predicted octanol–water partition coefficient (Wildman–Crippen LogP) is 0.411. The topological polar surface area (TPSA) is 62.5 Å². The predicted molar refractivity (Wildman–Crippen MR) is 41.1 cm³/mol. The van der Waals surface area contributed by atoms with Crippen LogP contribution in [-0.2, 0) is 9.47 Å². The van der Waals surface area contributed by atoms with Gasteiger partial charge in [-0.3, -0.25) is 0 Å². The molecule has 1 N–H and O–H groups in total. The highest BCUT2D eigenvalue weighted by Crippen LogP contribution is 2.29. The molecule has 0 spiro atoms. The van der Waals surface area contributed by atoms with Crippen molar-refractivity contribution in [3.05, 3.63) is 0 Å². The molecule has 1 rings (SSSR count). The van der Waals surface area contributed by atoms with Gasteiger partial charge in [0.2, 0.25) is 0 Å². The van der Waals surface area contributed by atoms with Crippen LogP contribution in [0, 0.1) is 11.3 Å². The van der Waals surface area contributed by atoms with E-state index in [4.69, 9.17) is 14.7 Å². The van der Waals surface area contributed by atoms with E-state index < -0.39 is 18.0 Å². The lowest BCUT2D eigenvalue weighted by Crippen LogP contribution is -2.32. The molecule has 68 valence electrons. The lowest BCUT2D eigenvalue weighted by atomic mass is 10.1. The largest absolute Gasteiger partial charge is 0.375 e. The first-order valence-electron chi connectivity index (χ1n) is 3.89. The second kappa shape index (κ2) is 3.02. The SMILES string of the molecule is C[C@H]1OC(C)(C)O[C@H]1[C@H](O)C#N. The van der Waals surface area contributed by atoms with Gasteiger partial charge in [0.1, 0.15) is 6.10 Å². The van der Waals surface area contributed by atoms with Gasteiger partial charge in [-0.15, -0.1) is 0 Å². The van der Waals surface area contributed by atoms with E-state index in [0.29, 0.717) is 0 Å². The Hall–Kier alpha value is -0.630. The smallest absolute Gasteiger partial charge is 0.169 e. The molecule has 1 saturated heterocycles. The summed E-state index contributed by atoms with van der Waals surface area (Å²) < 4.78 is 10.7. The highest BCUT2D eigenvalue weighted by atomic mass is 16.8. The summed E-state index contributed by atoms with van der Waals surface area (Å²) >= 11 is 0. The highest BCUT2D eigenvalue weighted by molar-refractivity contribution is 4.95. The van der Waals surface area contributed by atoms with Gasteiger partial charge in [-0.25, -0.2) is 0 Å². The molecule has 1 aliphatic rings. The molecule has 0 aromatic rings. The van der Waals surface area contributed by atoms with Crippen molar-refractivity contribution < 1.29 is 14.6 Å². The zero-order valence-electron chi connectivity index (χ0n) is 7.44. The third kappa shape index (κ3) is 1.75. The second-order valence-corrected chi connectivity index (χ2v) is 3.38. The van der Waals surface area contributed by atoms with E-state index in [0.717, 1.165) is 0 Å². The molecule has 3 atom stereocenters. The molecule has 0 unspecified atom stereocenters. The molecule has 0 saturated carbocycles. The minimum atomic E-state index is -1.11. The van der Waals surface area contributed by atoms with E-state index in [-0.39, 0.29) is 6.10 Å². The second-order valence-electron chi connectivity index (χ2n) is 3.38. The summed E-state index contributed by atoms with van der Waals surface area (Å²) in [6, 6.07) is 1.73. The molecule has 4 heteroatoms. The minimum Gasteiger partial charge on any atom is -0.375 e. The molecular formula is C8H13NO3.